The molecule has 159 valence electrons. The van der Waals surface area contributed by atoms with Gasteiger partial charge < -0.3 is 19.6 Å². The van der Waals surface area contributed by atoms with Gasteiger partial charge in [-0.25, -0.2) is 0 Å². The van der Waals surface area contributed by atoms with Gasteiger partial charge in [0.1, 0.15) is 0 Å². The van der Waals surface area contributed by atoms with E-state index in [9.17, 15) is 0 Å². The summed E-state index contributed by atoms with van der Waals surface area (Å²) < 4.78 is 0. The van der Waals surface area contributed by atoms with E-state index in [1.807, 2.05) is 0 Å². The van der Waals surface area contributed by atoms with Crippen molar-refractivity contribution in [2.24, 2.45) is 0 Å². The molecule has 3 rings (SSSR count). The second kappa shape index (κ2) is 9.88. The Labute approximate surface area is 188 Å². The topological polar surface area (TPSA) is 13.0 Å². The summed E-state index contributed by atoms with van der Waals surface area (Å²) in [5.41, 5.74) is 2.14. The van der Waals surface area contributed by atoms with Crippen molar-refractivity contribution >= 4 is 36.9 Å². The van der Waals surface area contributed by atoms with Crippen LogP contribution in [0.4, 0.5) is 11.4 Å². The van der Waals surface area contributed by atoms with Gasteiger partial charge in [-0.1, -0.05) is 39.3 Å². The second-order valence-electron chi connectivity index (χ2n) is 9.53. The summed E-state index contributed by atoms with van der Waals surface area (Å²) in [5, 5.41) is 0. The van der Waals surface area contributed by atoms with Gasteiger partial charge in [-0.3, -0.25) is 0 Å². The first-order valence-corrected chi connectivity index (χ1v) is 19.6. The van der Waals surface area contributed by atoms with E-state index in [0.717, 1.165) is 23.7 Å². The van der Waals surface area contributed by atoms with Crippen LogP contribution in [0.5, 0.6) is 0 Å². The Morgan fingerprint density at radius 2 is 1.18 bits per heavy atom. The molecular formula is C20H31ClN4PtSi2-3. The van der Waals surface area contributed by atoms with Gasteiger partial charge in [-0.2, -0.15) is 19.4 Å². The van der Waals surface area contributed by atoms with Gasteiger partial charge >= 0.3 is 28.2 Å². The average Bonchev–Trinajstić information content (AvgIpc) is 3.23. The van der Waals surface area contributed by atoms with E-state index < -0.39 is 16.1 Å². The third kappa shape index (κ3) is 7.29. The van der Waals surface area contributed by atoms with E-state index in [-0.39, 0.29) is 0 Å². The standard InChI is InChI=1S/C20H31N4Si2.ClH.Pt/c1-25(2,3)17-21-10-12-23(15-21)19-8-7-9-20(14-19)24-13-11-22(16-24)18-26(4,5)6;;/h7-13,15-16H,17-18H2,1-6H3;1H;/q-3;;+1/p-1. The molecule has 2 aliphatic rings. The van der Waals surface area contributed by atoms with Crippen molar-refractivity contribution in [3.63, 3.8) is 0 Å². The number of halogens is 1. The van der Waals surface area contributed by atoms with Crippen LogP contribution in [0.2, 0.25) is 39.3 Å². The first-order chi connectivity index (χ1) is 13.1. The fourth-order valence-corrected chi connectivity index (χ4v) is 5.67. The molecule has 0 aliphatic carbocycles. The molecule has 8 heteroatoms. The van der Waals surface area contributed by atoms with E-state index in [4.69, 9.17) is 0 Å². The summed E-state index contributed by atoms with van der Waals surface area (Å²) in [6, 6.07) is 9.88. The number of hydrogen-bond acceptors (Lipinski definition) is 4. The first kappa shape index (κ1) is 23.6. The molecule has 0 N–H and O–H groups in total. The fraction of sp³-hybridized carbons (Fsp3) is 0.400. The molecule has 1 aromatic rings. The van der Waals surface area contributed by atoms with Crippen molar-refractivity contribution in [3.05, 3.63) is 62.4 Å². The second-order valence-corrected chi connectivity index (χ2v) is 20.4. The van der Waals surface area contributed by atoms with Crippen LogP contribution in [0.1, 0.15) is 0 Å². The maximum atomic E-state index is 4.61. The summed E-state index contributed by atoms with van der Waals surface area (Å²) in [6.07, 6.45) is 10.8. The Kier molecular flexibility index (Phi) is 8.32. The number of rotatable bonds is 6. The van der Waals surface area contributed by atoms with Gasteiger partial charge in [0, 0.05) is 0 Å². The summed E-state index contributed by atoms with van der Waals surface area (Å²) >= 11 is 1.61. The van der Waals surface area contributed by atoms with E-state index in [1.54, 1.807) is 18.8 Å². The van der Waals surface area contributed by atoms with E-state index in [2.05, 4.69) is 131 Å². The Morgan fingerprint density at radius 1 is 0.786 bits per heavy atom. The van der Waals surface area contributed by atoms with E-state index >= 15 is 0 Å². The molecule has 0 unspecified atom stereocenters. The van der Waals surface area contributed by atoms with Gasteiger partial charge in [0.25, 0.3) is 0 Å². The Balaban J connectivity index is 0.00000136. The van der Waals surface area contributed by atoms with Gasteiger partial charge in [-0.05, 0) is 37.1 Å². The molecule has 0 spiro atoms. The first-order valence-electron chi connectivity index (χ1n) is 9.38. The van der Waals surface area contributed by atoms with Crippen LogP contribution >= 0.6 is 9.42 Å². The summed E-state index contributed by atoms with van der Waals surface area (Å²) in [6.45, 7) is 18.7. The fourth-order valence-electron chi connectivity index (χ4n) is 3.10. The molecule has 0 fully saturated rings. The zero-order valence-corrected chi connectivity index (χ0v) is 22.6. The van der Waals surface area contributed by atoms with Gasteiger partial charge in [0.05, 0.1) is 16.1 Å². The van der Waals surface area contributed by atoms with Gasteiger partial charge in [0.15, 0.2) is 0 Å². The summed E-state index contributed by atoms with van der Waals surface area (Å²) in [4.78, 5) is 8.90. The van der Waals surface area contributed by atoms with Crippen LogP contribution in [0, 0.1) is 19.4 Å². The van der Waals surface area contributed by atoms with Crippen molar-refractivity contribution in [2.45, 2.75) is 39.3 Å². The molecule has 0 amide bonds. The molecule has 0 atom stereocenters. The molecule has 0 saturated carbocycles. The van der Waals surface area contributed by atoms with Crippen LogP contribution in [0.15, 0.2) is 43.0 Å². The third-order valence-electron chi connectivity index (χ3n) is 4.02. The Morgan fingerprint density at radius 3 is 1.54 bits per heavy atom. The van der Waals surface area contributed by atoms with E-state index in [0.29, 0.717) is 0 Å². The molecule has 0 radical (unpaired) electrons. The average molecular weight is 614 g/mol. The number of benzene rings is 1. The molecule has 0 bridgehead atoms. The Bertz CT molecular complexity index is 645. The van der Waals surface area contributed by atoms with Crippen molar-refractivity contribution in [3.8, 4) is 0 Å². The summed E-state index contributed by atoms with van der Waals surface area (Å²) in [5.74, 6) is 0. The van der Waals surface area contributed by atoms with Gasteiger partial charge in [-0.15, -0.1) is 29.6 Å². The maximum absolute atomic E-state index is 4.61. The van der Waals surface area contributed by atoms with Crippen LogP contribution in [0.25, 0.3) is 0 Å². The SMILES string of the molecule is C[Si](C)(C)CN1C=CN(c2[c-]c(N3C=CN(C[Si](C)(C)C)[CH-]3)ccc2)[CH-]1.[Cl][Pt]. The van der Waals surface area contributed by atoms with Crippen molar-refractivity contribution < 1.29 is 18.8 Å². The van der Waals surface area contributed by atoms with Crippen LogP contribution in [-0.2, 0) is 18.8 Å². The van der Waals surface area contributed by atoms with Gasteiger partial charge in [0.2, 0.25) is 0 Å². The molecule has 1 aromatic carbocycles. The van der Waals surface area contributed by atoms with Crippen molar-refractivity contribution in [1.29, 1.82) is 0 Å². The zero-order valence-electron chi connectivity index (χ0n) is 17.6. The third-order valence-corrected chi connectivity index (χ3v) is 6.65. The quantitative estimate of drug-likeness (QED) is 0.317. The molecule has 0 saturated heterocycles. The predicted molar refractivity (Wildman–Crippen MR) is 123 cm³/mol. The molecule has 0 aromatic heterocycles. The number of hydrogen-bond donors (Lipinski definition) is 0. The molecule has 2 aliphatic heterocycles. The molecule has 28 heavy (non-hydrogen) atoms. The minimum atomic E-state index is -1.13. The van der Waals surface area contributed by atoms with E-state index in [1.165, 1.54) is 0 Å². The Hall–Kier alpha value is -0.688. The zero-order chi connectivity index (χ0) is 20.9. The number of anilines is 2. The monoisotopic (exact) mass is 613 g/mol. The van der Waals surface area contributed by atoms with Crippen LogP contribution in [-0.4, -0.2) is 38.3 Å². The normalized spacial score (nSPS) is 16.8. The number of nitrogens with zero attached hydrogens (tertiary/aromatic N) is 4. The molecular weight excluding hydrogens is 583 g/mol. The molecule has 4 nitrogen and oxygen atoms in total. The van der Waals surface area contributed by atoms with Crippen molar-refractivity contribution in [1.82, 2.24) is 9.80 Å². The predicted octanol–water partition coefficient (Wildman–Crippen LogP) is 5.35. The van der Waals surface area contributed by atoms with Crippen molar-refractivity contribution in [2.75, 3.05) is 22.1 Å². The van der Waals surface area contributed by atoms with Crippen LogP contribution in [0.3, 0.4) is 0 Å². The van der Waals surface area contributed by atoms with Crippen LogP contribution < -0.4 is 9.80 Å². The molecule has 2 heterocycles. The minimum absolute atomic E-state index is 1.07. The summed E-state index contributed by atoms with van der Waals surface area (Å²) in [7, 11) is 2.35.